The third kappa shape index (κ3) is 7.03. The maximum absolute atomic E-state index is 14.6. The number of rotatable bonds is 12. The number of benzene rings is 3. The second-order valence-corrected chi connectivity index (χ2v) is 13.4. The number of unbranched alkanes of at least 4 members (excludes halogenated alkanes) is 2. The number of aliphatic hydroxyl groups is 1. The number of carbonyl (C=O) groups excluding carboxylic acids is 3. The molecule has 6 rings (SSSR count). The van der Waals surface area contributed by atoms with Crippen LogP contribution in [-0.4, -0.2) is 74.3 Å². The van der Waals surface area contributed by atoms with Crippen molar-refractivity contribution in [3.8, 4) is 11.4 Å². The summed E-state index contributed by atoms with van der Waals surface area (Å²) in [7, 11) is 0. The molecule has 4 aromatic rings. The number of aromatic nitrogens is 2. The van der Waals surface area contributed by atoms with Crippen molar-refractivity contribution in [2.45, 2.75) is 84.4 Å². The number of nitrogens with one attached hydrogen (secondary N) is 1. The second-order valence-electron chi connectivity index (χ2n) is 13.4. The van der Waals surface area contributed by atoms with Crippen molar-refractivity contribution in [2.75, 3.05) is 25.0 Å². The Morgan fingerprint density at radius 1 is 0.960 bits per heavy atom. The highest BCUT2D eigenvalue weighted by atomic mass is 16.5. The summed E-state index contributed by atoms with van der Waals surface area (Å²) in [6.07, 6.45) is 3.56. The predicted molar refractivity (Wildman–Crippen MR) is 193 cm³/mol. The van der Waals surface area contributed by atoms with Gasteiger partial charge in [0.2, 0.25) is 0 Å². The van der Waals surface area contributed by atoms with Gasteiger partial charge in [-0.2, -0.15) is 5.10 Å². The van der Waals surface area contributed by atoms with Crippen molar-refractivity contribution >= 4 is 23.4 Å². The standard InChI is InChI=1S/C40H47N5O5/c1-5-7-19-43(20-8-6-2)40(49)34-21-26(3)45(42-34)35-18-17-30(41-38(47)37-27(4)32-15-11-12-16-36(32)50-37)23-33(35)39(48)44-24-29-14-10-9-13-28(29)22-31(44)25-46/h9-18,21,23,27,31,37,46H,5-8,19-20,22,24-25H2,1-4H3,(H,41,47)/t27?,31-,37?/m0/s1. The minimum atomic E-state index is -0.728. The van der Waals surface area contributed by atoms with Crippen LogP contribution in [-0.2, 0) is 17.8 Å². The molecule has 3 amide bonds. The minimum absolute atomic E-state index is 0.134. The van der Waals surface area contributed by atoms with Crippen LogP contribution in [0.1, 0.15) is 95.6 Å². The van der Waals surface area contributed by atoms with Crippen LogP contribution in [0.5, 0.6) is 5.75 Å². The van der Waals surface area contributed by atoms with Gasteiger partial charge in [-0.05, 0) is 67.6 Å². The van der Waals surface area contributed by atoms with E-state index in [1.54, 1.807) is 33.8 Å². The molecule has 1 aromatic heterocycles. The predicted octanol–water partition coefficient (Wildman–Crippen LogP) is 6.29. The molecule has 262 valence electrons. The highest BCUT2D eigenvalue weighted by molar-refractivity contribution is 6.02. The average Bonchev–Trinajstić information content (AvgIpc) is 3.69. The Kier molecular flexibility index (Phi) is 10.7. The van der Waals surface area contributed by atoms with Gasteiger partial charge in [-0.25, -0.2) is 4.68 Å². The number of hydrogen-bond acceptors (Lipinski definition) is 6. The van der Waals surface area contributed by atoms with Crippen LogP contribution in [0.4, 0.5) is 5.69 Å². The van der Waals surface area contributed by atoms with Crippen molar-refractivity contribution < 1.29 is 24.2 Å². The SMILES string of the molecule is CCCCN(CCCC)C(=O)c1cc(C)n(-c2ccc(NC(=O)C3Oc4ccccc4C3C)cc2C(=O)N2Cc3ccccc3C[C@H]2CO)n1. The van der Waals surface area contributed by atoms with Gasteiger partial charge in [0.15, 0.2) is 11.8 Å². The third-order valence-corrected chi connectivity index (χ3v) is 9.88. The Labute approximate surface area is 294 Å². The highest BCUT2D eigenvalue weighted by Gasteiger charge is 2.37. The molecule has 3 atom stereocenters. The van der Waals surface area contributed by atoms with E-state index in [1.807, 2.05) is 67.3 Å². The van der Waals surface area contributed by atoms with Crippen molar-refractivity contribution in [2.24, 2.45) is 0 Å². The van der Waals surface area contributed by atoms with Crippen LogP contribution in [0.25, 0.3) is 5.69 Å². The summed E-state index contributed by atoms with van der Waals surface area (Å²) in [6.45, 7) is 9.48. The molecule has 2 unspecified atom stereocenters. The van der Waals surface area contributed by atoms with E-state index in [0.29, 0.717) is 60.1 Å². The monoisotopic (exact) mass is 677 g/mol. The van der Waals surface area contributed by atoms with Crippen LogP contribution >= 0.6 is 0 Å². The Hall–Kier alpha value is -4.96. The molecule has 0 saturated carbocycles. The molecule has 3 aromatic carbocycles. The Balaban J connectivity index is 1.35. The number of nitrogens with zero attached hydrogens (tertiary/aromatic N) is 4. The fourth-order valence-corrected chi connectivity index (χ4v) is 6.97. The van der Waals surface area contributed by atoms with Gasteiger partial charge in [0, 0.05) is 42.5 Å². The molecule has 0 aliphatic carbocycles. The zero-order valence-electron chi connectivity index (χ0n) is 29.4. The minimum Gasteiger partial charge on any atom is -0.480 e. The molecule has 3 heterocycles. The number of para-hydroxylation sites is 1. The summed E-state index contributed by atoms with van der Waals surface area (Å²) < 4.78 is 7.66. The van der Waals surface area contributed by atoms with E-state index in [2.05, 4.69) is 19.2 Å². The normalized spacial score (nSPS) is 17.9. The van der Waals surface area contributed by atoms with Gasteiger partial charge in [-0.3, -0.25) is 14.4 Å². The number of amides is 3. The number of aryl methyl sites for hydroxylation is 1. The molecule has 50 heavy (non-hydrogen) atoms. The van der Waals surface area contributed by atoms with E-state index in [1.165, 1.54) is 0 Å². The molecule has 0 spiro atoms. The van der Waals surface area contributed by atoms with Gasteiger partial charge in [-0.15, -0.1) is 0 Å². The lowest BCUT2D eigenvalue weighted by molar-refractivity contribution is -0.122. The number of fused-ring (bicyclic) bond motifs is 2. The van der Waals surface area contributed by atoms with E-state index in [-0.39, 0.29) is 30.2 Å². The summed E-state index contributed by atoms with van der Waals surface area (Å²) >= 11 is 0. The fourth-order valence-electron chi connectivity index (χ4n) is 6.97. The summed E-state index contributed by atoms with van der Waals surface area (Å²) in [5.41, 5.74) is 5.31. The lowest BCUT2D eigenvalue weighted by Gasteiger charge is -2.36. The molecule has 2 N–H and O–H groups in total. The number of anilines is 1. The summed E-state index contributed by atoms with van der Waals surface area (Å²) in [6, 6.07) is 22.1. The number of carbonyl (C=O) groups is 3. The first-order valence-corrected chi connectivity index (χ1v) is 17.8. The van der Waals surface area contributed by atoms with Gasteiger partial charge in [0.25, 0.3) is 17.7 Å². The first-order chi connectivity index (χ1) is 24.2. The molecule has 0 bridgehead atoms. The Bertz CT molecular complexity index is 1860. The van der Waals surface area contributed by atoms with Crippen LogP contribution in [0, 0.1) is 6.92 Å². The van der Waals surface area contributed by atoms with Crippen molar-refractivity contribution in [1.82, 2.24) is 19.6 Å². The molecule has 0 radical (unpaired) electrons. The first kappa shape index (κ1) is 34.9. The van der Waals surface area contributed by atoms with Crippen molar-refractivity contribution in [1.29, 1.82) is 0 Å². The number of hydrogen-bond donors (Lipinski definition) is 2. The molecular formula is C40H47N5O5. The number of ether oxygens (including phenoxy) is 1. The van der Waals surface area contributed by atoms with Crippen molar-refractivity contribution in [3.63, 3.8) is 0 Å². The maximum Gasteiger partial charge on any atom is 0.274 e. The van der Waals surface area contributed by atoms with Gasteiger partial charge in [0.1, 0.15) is 5.75 Å². The lowest BCUT2D eigenvalue weighted by Crippen LogP contribution is -2.46. The molecule has 0 saturated heterocycles. The van der Waals surface area contributed by atoms with Crippen molar-refractivity contribution in [3.05, 3.63) is 106 Å². The zero-order valence-corrected chi connectivity index (χ0v) is 29.4. The van der Waals surface area contributed by atoms with Gasteiger partial charge in [-0.1, -0.05) is 76.1 Å². The quantitative estimate of drug-likeness (QED) is 0.182. The Morgan fingerprint density at radius 3 is 2.36 bits per heavy atom. The summed E-state index contributed by atoms with van der Waals surface area (Å²) in [5.74, 6) is -0.221. The van der Waals surface area contributed by atoms with E-state index in [0.717, 1.165) is 42.4 Å². The lowest BCUT2D eigenvalue weighted by atomic mass is 9.93. The molecule has 2 aliphatic heterocycles. The van der Waals surface area contributed by atoms with Crippen LogP contribution in [0.15, 0.2) is 72.8 Å². The van der Waals surface area contributed by atoms with Gasteiger partial charge < -0.3 is 25.0 Å². The molecule has 2 aliphatic rings. The maximum atomic E-state index is 14.6. The average molecular weight is 678 g/mol. The first-order valence-electron chi connectivity index (χ1n) is 17.8. The molecule has 0 fully saturated rings. The van der Waals surface area contributed by atoms with E-state index in [9.17, 15) is 19.5 Å². The Morgan fingerprint density at radius 2 is 1.66 bits per heavy atom. The van der Waals surface area contributed by atoms with Crippen LogP contribution in [0.3, 0.4) is 0 Å². The van der Waals surface area contributed by atoms with Crippen LogP contribution < -0.4 is 10.1 Å². The van der Waals surface area contributed by atoms with E-state index < -0.39 is 12.1 Å². The summed E-state index contributed by atoms with van der Waals surface area (Å²) in [4.78, 5) is 45.5. The molecular weight excluding hydrogens is 630 g/mol. The highest BCUT2D eigenvalue weighted by Crippen LogP contribution is 2.38. The molecule has 10 heteroatoms. The number of aliphatic hydroxyl groups excluding tert-OH is 1. The van der Waals surface area contributed by atoms with Gasteiger partial charge in [0.05, 0.1) is 23.9 Å². The van der Waals surface area contributed by atoms with Gasteiger partial charge >= 0.3 is 0 Å². The summed E-state index contributed by atoms with van der Waals surface area (Å²) in [5, 5.41) is 18.2. The fraction of sp³-hybridized carbons (Fsp3) is 0.400. The second kappa shape index (κ2) is 15.3. The third-order valence-electron chi connectivity index (χ3n) is 9.88. The topological polar surface area (TPSA) is 117 Å². The molecule has 10 nitrogen and oxygen atoms in total. The van der Waals surface area contributed by atoms with E-state index in [4.69, 9.17) is 9.84 Å². The largest absolute Gasteiger partial charge is 0.480 e. The van der Waals surface area contributed by atoms with E-state index >= 15 is 0 Å². The smallest absolute Gasteiger partial charge is 0.274 e. The zero-order chi connectivity index (χ0) is 35.4. The van der Waals surface area contributed by atoms with Crippen LogP contribution in [0.2, 0.25) is 0 Å².